The Morgan fingerprint density at radius 1 is 1.40 bits per heavy atom. The zero-order chi connectivity index (χ0) is 11.6. The first-order valence-corrected chi connectivity index (χ1v) is 4.11. The smallest absolute Gasteiger partial charge is 0.388 e. The Balaban J connectivity index is 3.11. The number of hydrogen-bond acceptors (Lipinski definition) is 3. The molecule has 0 spiro atoms. The van der Waals surface area contributed by atoms with E-state index in [1.165, 1.54) is 0 Å². The summed E-state index contributed by atoms with van der Waals surface area (Å²) < 4.78 is 38.8. The number of rotatable bonds is 1. The second-order valence-electron chi connectivity index (χ2n) is 2.27. The fourth-order valence-corrected chi connectivity index (χ4v) is 1.24. The number of nitriles is 1. The minimum atomic E-state index is -4.88. The summed E-state index contributed by atoms with van der Waals surface area (Å²) in [4.78, 5) is 3.21. The van der Waals surface area contributed by atoms with Crippen LogP contribution in [0, 0.1) is 11.3 Å². The maximum absolute atomic E-state index is 11.8. The molecule has 0 bridgehead atoms. The summed E-state index contributed by atoms with van der Waals surface area (Å²) in [6.45, 7) is 0. The van der Waals surface area contributed by atoms with Crippen LogP contribution in [0.25, 0.3) is 0 Å². The van der Waals surface area contributed by atoms with Gasteiger partial charge in [-0.2, -0.15) is 10.2 Å². The summed E-state index contributed by atoms with van der Waals surface area (Å²) in [6, 6.07) is 2.35. The molecule has 0 aliphatic heterocycles. The van der Waals surface area contributed by atoms with E-state index in [0.29, 0.717) is 0 Å². The second kappa shape index (κ2) is 4.13. The molecule has 0 saturated heterocycles. The van der Waals surface area contributed by atoms with Gasteiger partial charge in [0, 0.05) is 6.07 Å². The SMILES string of the molecule is N#Cc1c(Cl)cc(OC(F)(F)F)nc1Cl. The van der Waals surface area contributed by atoms with Gasteiger partial charge in [0.1, 0.15) is 11.6 Å². The summed E-state index contributed by atoms with van der Waals surface area (Å²) in [6.07, 6.45) is -4.88. The third-order valence-corrected chi connectivity index (χ3v) is 1.81. The quantitative estimate of drug-likeness (QED) is 0.726. The van der Waals surface area contributed by atoms with Crippen molar-refractivity contribution in [3.63, 3.8) is 0 Å². The highest BCUT2D eigenvalue weighted by Crippen LogP contribution is 2.29. The van der Waals surface area contributed by atoms with Crippen molar-refractivity contribution in [2.45, 2.75) is 6.36 Å². The van der Waals surface area contributed by atoms with Crippen molar-refractivity contribution in [2.75, 3.05) is 0 Å². The van der Waals surface area contributed by atoms with E-state index < -0.39 is 17.4 Å². The van der Waals surface area contributed by atoms with Crippen LogP contribution >= 0.6 is 23.2 Å². The lowest BCUT2D eigenvalue weighted by atomic mass is 10.3. The average Bonchev–Trinajstić information content (AvgIpc) is 1.99. The molecule has 0 N–H and O–H groups in total. The summed E-state index contributed by atoms with van der Waals surface area (Å²) in [5.41, 5.74) is -0.201. The van der Waals surface area contributed by atoms with Crippen LogP contribution in [-0.2, 0) is 0 Å². The van der Waals surface area contributed by atoms with Crippen LogP contribution in [0.2, 0.25) is 10.2 Å². The number of alkyl halides is 3. The summed E-state index contributed by atoms with van der Waals surface area (Å²) in [7, 11) is 0. The summed E-state index contributed by atoms with van der Waals surface area (Å²) >= 11 is 10.9. The molecule has 0 aliphatic rings. The largest absolute Gasteiger partial charge is 0.574 e. The van der Waals surface area contributed by atoms with Gasteiger partial charge in [0.15, 0.2) is 5.15 Å². The van der Waals surface area contributed by atoms with Gasteiger partial charge < -0.3 is 4.74 Å². The van der Waals surface area contributed by atoms with Crippen LogP contribution in [0.3, 0.4) is 0 Å². The van der Waals surface area contributed by atoms with Gasteiger partial charge in [0.2, 0.25) is 5.88 Å². The van der Waals surface area contributed by atoms with Crippen LogP contribution in [0.1, 0.15) is 5.56 Å². The van der Waals surface area contributed by atoms with E-state index in [1.807, 2.05) is 0 Å². The Hall–Kier alpha value is -1.19. The predicted octanol–water partition coefficient (Wildman–Crippen LogP) is 3.16. The molecular formula is C7HCl2F3N2O. The molecule has 1 rings (SSSR count). The normalized spacial score (nSPS) is 10.9. The minimum Gasteiger partial charge on any atom is -0.388 e. The lowest BCUT2D eigenvalue weighted by Gasteiger charge is -2.08. The molecule has 1 aromatic heterocycles. The second-order valence-corrected chi connectivity index (χ2v) is 3.03. The Morgan fingerprint density at radius 2 is 2.00 bits per heavy atom. The maximum atomic E-state index is 11.8. The molecule has 3 nitrogen and oxygen atoms in total. The molecule has 0 fully saturated rings. The predicted molar refractivity (Wildman–Crippen MR) is 45.7 cm³/mol. The molecule has 0 amide bonds. The van der Waals surface area contributed by atoms with Gasteiger partial charge in [-0.25, -0.2) is 0 Å². The van der Waals surface area contributed by atoms with Crippen molar-refractivity contribution in [3.8, 4) is 11.9 Å². The zero-order valence-corrected chi connectivity index (χ0v) is 8.28. The molecule has 15 heavy (non-hydrogen) atoms. The molecule has 0 saturated carbocycles. The van der Waals surface area contributed by atoms with Crippen molar-refractivity contribution in [1.29, 1.82) is 5.26 Å². The molecule has 0 unspecified atom stereocenters. The van der Waals surface area contributed by atoms with Crippen molar-refractivity contribution >= 4 is 23.2 Å². The Labute approximate surface area is 92.0 Å². The molecule has 0 aliphatic carbocycles. The van der Waals surface area contributed by atoms with Crippen molar-refractivity contribution in [2.24, 2.45) is 0 Å². The van der Waals surface area contributed by atoms with Gasteiger partial charge in [-0.1, -0.05) is 23.2 Å². The third-order valence-electron chi connectivity index (χ3n) is 1.24. The molecule has 0 radical (unpaired) electrons. The average molecular weight is 257 g/mol. The number of ether oxygens (including phenoxy) is 1. The summed E-state index contributed by atoms with van der Waals surface area (Å²) in [5.74, 6) is -0.809. The van der Waals surface area contributed by atoms with Crippen molar-refractivity contribution in [1.82, 2.24) is 4.98 Å². The van der Waals surface area contributed by atoms with E-state index >= 15 is 0 Å². The van der Waals surface area contributed by atoms with Gasteiger partial charge in [-0.3, -0.25) is 0 Å². The van der Waals surface area contributed by atoms with E-state index in [9.17, 15) is 13.2 Å². The molecule has 8 heteroatoms. The maximum Gasteiger partial charge on any atom is 0.574 e. The van der Waals surface area contributed by atoms with Crippen LogP contribution in [0.5, 0.6) is 5.88 Å². The van der Waals surface area contributed by atoms with E-state index in [2.05, 4.69) is 9.72 Å². The number of pyridine rings is 1. The molecule has 0 atom stereocenters. The first-order valence-electron chi connectivity index (χ1n) is 3.35. The number of halogens is 5. The van der Waals surface area contributed by atoms with E-state index in [-0.39, 0.29) is 10.6 Å². The topological polar surface area (TPSA) is 45.9 Å². The fraction of sp³-hybridized carbons (Fsp3) is 0.143. The third kappa shape index (κ3) is 3.15. The van der Waals surface area contributed by atoms with E-state index in [4.69, 9.17) is 28.5 Å². The molecular weight excluding hydrogens is 256 g/mol. The van der Waals surface area contributed by atoms with Crippen molar-refractivity contribution in [3.05, 3.63) is 21.8 Å². The highest BCUT2D eigenvalue weighted by atomic mass is 35.5. The first kappa shape index (κ1) is 11.9. The molecule has 0 aromatic carbocycles. The van der Waals surface area contributed by atoms with Gasteiger partial charge in [-0.15, -0.1) is 13.2 Å². The number of aromatic nitrogens is 1. The minimum absolute atomic E-state index is 0.201. The fourth-order valence-electron chi connectivity index (χ4n) is 0.734. The van der Waals surface area contributed by atoms with Gasteiger partial charge in [0.05, 0.1) is 5.02 Å². The lowest BCUT2D eigenvalue weighted by Crippen LogP contribution is -2.18. The molecule has 1 aromatic rings. The van der Waals surface area contributed by atoms with Gasteiger partial charge in [0.25, 0.3) is 0 Å². The molecule has 80 valence electrons. The standard InChI is InChI=1S/C7HCl2F3N2O/c8-4-1-5(15-7(10,11)12)14-6(9)3(4)2-13/h1H. The van der Waals surface area contributed by atoms with Gasteiger partial charge >= 0.3 is 6.36 Å². The Kier molecular flexibility index (Phi) is 3.27. The Bertz CT molecular complexity index is 404. The van der Waals surface area contributed by atoms with Crippen LogP contribution in [-0.4, -0.2) is 11.3 Å². The highest BCUT2D eigenvalue weighted by molar-refractivity contribution is 6.36. The Morgan fingerprint density at radius 3 is 2.40 bits per heavy atom. The highest BCUT2D eigenvalue weighted by Gasteiger charge is 2.32. The monoisotopic (exact) mass is 256 g/mol. The lowest BCUT2D eigenvalue weighted by molar-refractivity contribution is -0.276. The van der Waals surface area contributed by atoms with E-state index in [1.54, 1.807) is 6.07 Å². The van der Waals surface area contributed by atoms with Crippen LogP contribution < -0.4 is 4.74 Å². The van der Waals surface area contributed by atoms with Crippen LogP contribution in [0.15, 0.2) is 6.07 Å². The number of nitrogens with zero attached hydrogens (tertiary/aromatic N) is 2. The van der Waals surface area contributed by atoms with Gasteiger partial charge in [-0.05, 0) is 0 Å². The van der Waals surface area contributed by atoms with Crippen LogP contribution in [0.4, 0.5) is 13.2 Å². The zero-order valence-electron chi connectivity index (χ0n) is 6.77. The molecule has 1 heterocycles. The van der Waals surface area contributed by atoms with E-state index in [0.717, 1.165) is 6.07 Å². The first-order chi connectivity index (χ1) is 6.83. The number of hydrogen-bond donors (Lipinski definition) is 0. The summed E-state index contributed by atoms with van der Waals surface area (Å²) in [5, 5.41) is 7.81. The van der Waals surface area contributed by atoms with Crippen molar-refractivity contribution < 1.29 is 17.9 Å².